The van der Waals surface area contributed by atoms with Gasteiger partial charge in [0.15, 0.2) is 0 Å². The molecule has 1 unspecified atom stereocenters. The molecule has 17 heavy (non-hydrogen) atoms. The van der Waals surface area contributed by atoms with Gasteiger partial charge in [-0.2, -0.15) is 0 Å². The highest BCUT2D eigenvalue weighted by atomic mass is 79.9. The van der Waals surface area contributed by atoms with Gasteiger partial charge in [0.1, 0.15) is 0 Å². The largest absolute Gasteiger partial charge is 0.373 e. The van der Waals surface area contributed by atoms with Crippen LogP contribution in [0.5, 0.6) is 0 Å². The molecule has 1 aromatic carbocycles. The van der Waals surface area contributed by atoms with E-state index in [4.69, 9.17) is 4.74 Å². The maximum atomic E-state index is 12.1. The summed E-state index contributed by atoms with van der Waals surface area (Å²) < 4.78 is 6.36. The van der Waals surface area contributed by atoms with Crippen molar-refractivity contribution in [2.45, 2.75) is 19.4 Å². The topological polar surface area (TPSA) is 29.5 Å². The van der Waals surface area contributed by atoms with Crippen molar-refractivity contribution in [1.82, 2.24) is 4.90 Å². The minimum Gasteiger partial charge on any atom is -0.373 e. The van der Waals surface area contributed by atoms with Gasteiger partial charge < -0.3 is 9.64 Å². The molecule has 0 saturated carbocycles. The zero-order valence-corrected chi connectivity index (χ0v) is 11.9. The molecular formula is C13H16BrNO2. The van der Waals surface area contributed by atoms with Gasteiger partial charge in [-0.3, -0.25) is 4.79 Å². The molecule has 3 nitrogen and oxygen atoms in total. The molecule has 0 N–H and O–H groups in total. The van der Waals surface area contributed by atoms with Gasteiger partial charge in [-0.15, -0.1) is 0 Å². The molecule has 4 heteroatoms. The van der Waals surface area contributed by atoms with Gasteiger partial charge >= 0.3 is 0 Å². The van der Waals surface area contributed by atoms with Gasteiger partial charge in [-0.25, -0.2) is 0 Å². The molecule has 1 atom stereocenters. The number of hydrogen-bond acceptors (Lipinski definition) is 2. The number of hydrogen-bond donors (Lipinski definition) is 0. The van der Waals surface area contributed by atoms with Crippen molar-refractivity contribution in [3.05, 3.63) is 33.3 Å². The molecule has 92 valence electrons. The number of halogens is 1. The Balaban J connectivity index is 2.45. The van der Waals surface area contributed by atoms with Crippen LogP contribution in [-0.4, -0.2) is 31.5 Å². The Kier molecular flexibility index (Phi) is 3.54. The minimum absolute atomic E-state index is 0.0150. The molecule has 1 amide bonds. The van der Waals surface area contributed by atoms with Crippen LogP contribution in [0.2, 0.25) is 0 Å². The average Bonchev–Trinajstić information content (AvgIpc) is 2.19. The molecule has 1 saturated heterocycles. The number of carbonyl (C=O) groups excluding carboxylic acids is 1. The van der Waals surface area contributed by atoms with Crippen LogP contribution in [-0.2, 0) is 4.74 Å². The number of rotatable bonds is 2. The number of benzene rings is 1. The van der Waals surface area contributed by atoms with Gasteiger partial charge in [0.25, 0.3) is 5.91 Å². The molecule has 1 aliphatic heterocycles. The average molecular weight is 298 g/mol. The summed E-state index contributed by atoms with van der Waals surface area (Å²) in [6.45, 7) is 2.81. The van der Waals surface area contributed by atoms with Gasteiger partial charge in [0, 0.05) is 25.0 Å². The smallest absolute Gasteiger partial charge is 0.254 e. The van der Waals surface area contributed by atoms with E-state index in [2.05, 4.69) is 22.0 Å². The number of nitrogens with zero attached hydrogens (tertiary/aromatic N) is 1. The summed E-state index contributed by atoms with van der Waals surface area (Å²) in [7, 11) is 3.52. The highest BCUT2D eigenvalue weighted by Crippen LogP contribution is 2.36. The summed E-state index contributed by atoms with van der Waals surface area (Å²) in [6, 6.07) is 3.99. The Morgan fingerprint density at radius 1 is 1.47 bits per heavy atom. The van der Waals surface area contributed by atoms with E-state index in [9.17, 15) is 4.79 Å². The summed E-state index contributed by atoms with van der Waals surface area (Å²) in [5.74, 6) is 0.0150. The van der Waals surface area contributed by atoms with Crippen molar-refractivity contribution in [1.29, 1.82) is 0 Å². The molecule has 1 fully saturated rings. The van der Waals surface area contributed by atoms with Crippen LogP contribution in [0.15, 0.2) is 16.6 Å². The van der Waals surface area contributed by atoms with Gasteiger partial charge in [0.2, 0.25) is 0 Å². The van der Waals surface area contributed by atoms with Crippen molar-refractivity contribution in [3.63, 3.8) is 0 Å². The maximum absolute atomic E-state index is 12.1. The third-order valence-electron chi connectivity index (χ3n) is 2.93. The van der Waals surface area contributed by atoms with Crippen molar-refractivity contribution in [2.75, 3.05) is 20.7 Å². The van der Waals surface area contributed by atoms with Crippen LogP contribution < -0.4 is 0 Å². The van der Waals surface area contributed by atoms with Crippen molar-refractivity contribution >= 4 is 21.8 Å². The van der Waals surface area contributed by atoms with Gasteiger partial charge in [-0.05, 0) is 40.0 Å². The number of ether oxygens (including phenoxy) is 1. The Morgan fingerprint density at radius 3 is 2.59 bits per heavy atom. The monoisotopic (exact) mass is 297 g/mol. The van der Waals surface area contributed by atoms with E-state index in [0.29, 0.717) is 5.56 Å². The first-order valence-corrected chi connectivity index (χ1v) is 6.43. The van der Waals surface area contributed by atoms with E-state index < -0.39 is 0 Å². The summed E-state index contributed by atoms with van der Waals surface area (Å²) >= 11 is 3.53. The van der Waals surface area contributed by atoms with Gasteiger partial charge in [-0.1, -0.05) is 6.07 Å². The van der Waals surface area contributed by atoms with Crippen LogP contribution in [0.1, 0.15) is 34.0 Å². The zero-order valence-electron chi connectivity index (χ0n) is 10.3. The molecule has 1 aliphatic rings. The van der Waals surface area contributed by atoms with E-state index in [1.807, 2.05) is 13.0 Å². The van der Waals surface area contributed by atoms with E-state index in [-0.39, 0.29) is 12.0 Å². The molecule has 0 radical (unpaired) electrons. The van der Waals surface area contributed by atoms with Crippen LogP contribution in [0.3, 0.4) is 0 Å². The summed E-state index contributed by atoms with van der Waals surface area (Å²) in [5.41, 5.74) is 2.88. The highest BCUT2D eigenvalue weighted by molar-refractivity contribution is 9.10. The van der Waals surface area contributed by atoms with Crippen LogP contribution in [0, 0.1) is 6.92 Å². The fourth-order valence-corrected chi connectivity index (χ4v) is 2.56. The number of aryl methyl sites for hydroxylation is 1. The van der Waals surface area contributed by atoms with E-state index >= 15 is 0 Å². The van der Waals surface area contributed by atoms with E-state index in [1.165, 1.54) is 0 Å². The molecule has 0 spiro atoms. The Labute approximate surface area is 110 Å². The van der Waals surface area contributed by atoms with Gasteiger partial charge in [0.05, 0.1) is 18.3 Å². The predicted octanol–water partition coefficient (Wildman–Crippen LogP) is 2.92. The van der Waals surface area contributed by atoms with E-state index in [1.54, 1.807) is 19.0 Å². The molecule has 0 bridgehead atoms. The molecule has 0 aliphatic carbocycles. The molecule has 1 heterocycles. The summed E-state index contributed by atoms with van der Waals surface area (Å²) in [4.78, 5) is 13.6. The molecular weight excluding hydrogens is 282 g/mol. The first-order valence-electron chi connectivity index (χ1n) is 5.64. The lowest BCUT2D eigenvalue weighted by Gasteiger charge is -2.29. The summed E-state index contributed by atoms with van der Waals surface area (Å²) in [5, 5.41) is 0. The minimum atomic E-state index is 0.0150. The fourth-order valence-electron chi connectivity index (χ4n) is 1.91. The quantitative estimate of drug-likeness (QED) is 0.840. The lowest BCUT2D eigenvalue weighted by molar-refractivity contribution is -0.0531. The molecule has 2 rings (SSSR count). The molecule has 1 aromatic rings. The lowest BCUT2D eigenvalue weighted by atomic mass is 9.98. The maximum Gasteiger partial charge on any atom is 0.254 e. The molecule has 0 aromatic heterocycles. The first-order chi connectivity index (χ1) is 8.00. The fraction of sp³-hybridized carbons (Fsp3) is 0.462. The standard InChI is InChI=1S/C13H16BrNO2/c1-8-6-9(11-4-5-17-11)12(14)10(7-8)13(16)15(2)3/h6-7,11H,4-5H2,1-3H3. The van der Waals surface area contributed by atoms with Crippen molar-refractivity contribution in [3.8, 4) is 0 Å². The second-order valence-electron chi connectivity index (χ2n) is 4.56. The van der Waals surface area contributed by atoms with Crippen LogP contribution >= 0.6 is 15.9 Å². The normalized spacial score (nSPS) is 18.7. The number of amides is 1. The lowest BCUT2D eigenvalue weighted by Crippen LogP contribution is -2.24. The SMILES string of the molecule is Cc1cc(C(=O)N(C)C)c(Br)c(C2CCO2)c1. The Hall–Kier alpha value is -0.870. The summed E-state index contributed by atoms with van der Waals surface area (Å²) in [6.07, 6.45) is 1.16. The second kappa shape index (κ2) is 4.78. The van der Waals surface area contributed by atoms with Crippen molar-refractivity contribution < 1.29 is 9.53 Å². The Morgan fingerprint density at radius 2 is 2.12 bits per heavy atom. The zero-order chi connectivity index (χ0) is 12.6. The van der Waals surface area contributed by atoms with E-state index in [0.717, 1.165) is 28.6 Å². The third kappa shape index (κ3) is 2.38. The Bertz CT molecular complexity index is 453. The van der Waals surface area contributed by atoms with Crippen LogP contribution in [0.4, 0.5) is 0 Å². The van der Waals surface area contributed by atoms with Crippen molar-refractivity contribution in [2.24, 2.45) is 0 Å². The highest BCUT2D eigenvalue weighted by Gasteiger charge is 2.25. The first kappa shape index (κ1) is 12.6. The second-order valence-corrected chi connectivity index (χ2v) is 5.36. The third-order valence-corrected chi connectivity index (χ3v) is 3.81. The number of carbonyl (C=O) groups is 1. The predicted molar refractivity (Wildman–Crippen MR) is 70.2 cm³/mol. The van der Waals surface area contributed by atoms with Crippen LogP contribution in [0.25, 0.3) is 0 Å².